The highest BCUT2D eigenvalue weighted by atomic mass is 32.2. The van der Waals surface area contributed by atoms with Crippen molar-refractivity contribution in [3.8, 4) is 0 Å². The maximum atomic E-state index is 5.43. The Morgan fingerprint density at radius 2 is 2.33 bits per heavy atom. The van der Waals surface area contributed by atoms with Gasteiger partial charge in [0.2, 0.25) is 5.89 Å². The molecule has 3 atom stereocenters. The van der Waals surface area contributed by atoms with Gasteiger partial charge >= 0.3 is 0 Å². The van der Waals surface area contributed by atoms with Crippen LogP contribution in [0.5, 0.6) is 0 Å². The summed E-state index contributed by atoms with van der Waals surface area (Å²) in [4.78, 5) is 4.56. The number of likely N-dealkylation sites (N-methyl/N-ethyl adjacent to an activating group) is 1. The van der Waals surface area contributed by atoms with Gasteiger partial charge in [0, 0.05) is 11.3 Å². The van der Waals surface area contributed by atoms with Crippen molar-refractivity contribution in [2.75, 3.05) is 7.05 Å². The fourth-order valence-electron chi connectivity index (χ4n) is 2.41. The van der Waals surface area contributed by atoms with Crippen LogP contribution in [0.4, 0.5) is 0 Å². The lowest BCUT2D eigenvalue weighted by Gasteiger charge is -2.14. The van der Waals surface area contributed by atoms with Gasteiger partial charge in [-0.1, -0.05) is 25.4 Å². The molecule has 0 amide bonds. The van der Waals surface area contributed by atoms with Crippen LogP contribution in [-0.4, -0.2) is 28.5 Å². The number of nitrogens with one attached hydrogen (secondary N) is 1. The third-order valence-corrected chi connectivity index (χ3v) is 5.09. The van der Waals surface area contributed by atoms with Crippen LogP contribution in [0.1, 0.15) is 57.2 Å². The molecule has 1 fully saturated rings. The van der Waals surface area contributed by atoms with E-state index in [1.165, 1.54) is 19.3 Å². The van der Waals surface area contributed by atoms with E-state index in [1.807, 2.05) is 18.8 Å². The van der Waals surface area contributed by atoms with Gasteiger partial charge in [0.25, 0.3) is 0 Å². The van der Waals surface area contributed by atoms with Gasteiger partial charge in [0.1, 0.15) is 0 Å². The quantitative estimate of drug-likeness (QED) is 0.860. The van der Waals surface area contributed by atoms with Gasteiger partial charge in [0.05, 0.1) is 11.7 Å². The number of aromatic nitrogens is 2. The van der Waals surface area contributed by atoms with E-state index in [0.717, 1.165) is 23.9 Å². The number of thioether (sulfide) groups is 1. The zero-order chi connectivity index (χ0) is 13.0. The maximum absolute atomic E-state index is 5.43. The average Bonchev–Trinajstić information content (AvgIpc) is 3.03. The molecule has 0 aliphatic heterocycles. The monoisotopic (exact) mass is 269 g/mol. The fraction of sp³-hybridized carbons (Fsp3) is 0.846. The van der Waals surface area contributed by atoms with Gasteiger partial charge in [-0.05, 0) is 26.3 Å². The molecule has 2 rings (SSSR count). The van der Waals surface area contributed by atoms with E-state index < -0.39 is 0 Å². The van der Waals surface area contributed by atoms with E-state index in [2.05, 4.69) is 29.3 Å². The van der Waals surface area contributed by atoms with Crippen molar-refractivity contribution in [2.24, 2.45) is 0 Å². The number of rotatable bonds is 6. The Bertz CT molecular complexity index is 369. The molecular weight excluding hydrogens is 246 g/mol. The second-order valence-corrected chi connectivity index (χ2v) is 6.44. The molecule has 4 nitrogen and oxygen atoms in total. The molecule has 1 N–H and O–H groups in total. The Hall–Kier alpha value is -0.550. The summed E-state index contributed by atoms with van der Waals surface area (Å²) in [6, 6.07) is 0.500. The molecule has 1 aliphatic rings. The van der Waals surface area contributed by atoms with Gasteiger partial charge < -0.3 is 9.84 Å². The predicted octanol–water partition coefficient (Wildman–Crippen LogP) is 2.96. The van der Waals surface area contributed by atoms with Crippen LogP contribution in [0.2, 0.25) is 0 Å². The predicted molar refractivity (Wildman–Crippen MR) is 74.8 cm³/mol. The van der Waals surface area contributed by atoms with E-state index in [0.29, 0.717) is 17.2 Å². The zero-order valence-corrected chi connectivity index (χ0v) is 12.3. The smallest absolute Gasteiger partial charge is 0.231 e. The first-order valence-corrected chi connectivity index (χ1v) is 7.90. The summed E-state index contributed by atoms with van der Waals surface area (Å²) in [5.41, 5.74) is 0. The van der Waals surface area contributed by atoms with E-state index in [-0.39, 0.29) is 0 Å². The highest BCUT2D eigenvalue weighted by Gasteiger charge is 2.31. The van der Waals surface area contributed by atoms with Crippen molar-refractivity contribution in [3.05, 3.63) is 11.7 Å². The van der Waals surface area contributed by atoms with Gasteiger partial charge in [-0.2, -0.15) is 16.7 Å². The summed E-state index contributed by atoms with van der Waals surface area (Å²) in [5.74, 6) is 2.93. The normalized spacial score (nSPS) is 25.5. The van der Waals surface area contributed by atoms with E-state index in [4.69, 9.17) is 4.52 Å². The lowest BCUT2D eigenvalue weighted by molar-refractivity contribution is 0.333. The van der Waals surface area contributed by atoms with Gasteiger partial charge in [0.15, 0.2) is 5.82 Å². The first kappa shape index (κ1) is 13.9. The first-order valence-electron chi connectivity index (χ1n) is 6.86. The molecule has 0 bridgehead atoms. The summed E-state index contributed by atoms with van der Waals surface area (Å²) in [7, 11) is 2.01. The van der Waals surface area contributed by atoms with E-state index in [9.17, 15) is 0 Å². The number of hydrogen-bond donors (Lipinski definition) is 1. The van der Waals surface area contributed by atoms with Crippen molar-refractivity contribution < 1.29 is 4.52 Å². The lowest BCUT2D eigenvalue weighted by Crippen LogP contribution is -2.27. The van der Waals surface area contributed by atoms with Gasteiger partial charge in [-0.25, -0.2) is 0 Å². The second-order valence-electron chi connectivity index (χ2n) is 5.01. The zero-order valence-electron chi connectivity index (χ0n) is 11.5. The van der Waals surface area contributed by atoms with Crippen LogP contribution in [0.25, 0.3) is 0 Å². The second kappa shape index (κ2) is 6.57. The average molecular weight is 269 g/mol. The van der Waals surface area contributed by atoms with Crippen LogP contribution >= 0.6 is 11.8 Å². The highest BCUT2D eigenvalue weighted by molar-refractivity contribution is 7.99. The summed E-state index contributed by atoms with van der Waals surface area (Å²) in [5, 5.41) is 8.11. The summed E-state index contributed by atoms with van der Waals surface area (Å²) < 4.78 is 5.43. The SMILES string of the molecule is CCC(C)SCc1noc(C2CCCC2NC)n1. The molecule has 1 saturated carbocycles. The van der Waals surface area contributed by atoms with Crippen LogP contribution in [0, 0.1) is 0 Å². The molecule has 0 radical (unpaired) electrons. The number of nitrogens with zero attached hydrogens (tertiary/aromatic N) is 2. The molecule has 5 heteroatoms. The standard InChI is InChI=1S/C13H23N3OS/c1-4-9(2)18-8-12-15-13(17-16-12)10-6-5-7-11(10)14-3/h9-11,14H,4-8H2,1-3H3. The third kappa shape index (κ3) is 3.26. The molecule has 18 heavy (non-hydrogen) atoms. The molecule has 1 aromatic rings. The molecule has 0 saturated heterocycles. The van der Waals surface area contributed by atoms with E-state index >= 15 is 0 Å². The molecule has 3 unspecified atom stereocenters. The third-order valence-electron chi connectivity index (χ3n) is 3.76. The van der Waals surface area contributed by atoms with Crippen molar-refractivity contribution in [3.63, 3.8) is 0 Å². The minimum Gasteiger partial charge on any atom is -0.339 e. The fourth-order valence-corrected chi connectivity index (χ4v) is 3.20. The van der Waals surface area contributed by atoms with Crippen LogP contribution in [0.3, 0.4) is 0 Å². The molecule has 102 valence electrons. The van der Waals surface area contributed by atoms with Crippen molar-refractivity contribution in [1.29, 1.82) is 0 Å². The molecule has 0 spiro atoms. The molecule has 0 aromatic carbocycles. The van der Waals surface area contributed by atoms with Crippen LogP contribution in [0.15, 0.2) is 4.52 Å². The first-order chi connectivity index (χ1) is 8.74. The Morgan fingerprint density at radius 1 is 1.50 bits per heavy atom. The largest absolute Gasteiger partial charge is 0.339 e. The maximum Gasteiger partial charge on any atom is 0.231 e. The Morgan fingerprint density at radius 3 is 3.06 bits per heavy atom. The van der Waals surface area contributed by atoms with Crippen LogP contribution < -0.4 is 5.32 Å². The Labute approximate surface area is 113 Å². The van der Waals surface area contributed by atoms with Gasteiger partial charge in [-0.3, -0.25) is 0 Å². The van der Waals surface area contributed by atoms with Crippen molar-refractivity contribution >= 4 is 11.8 Å². The van der Waals surface area contributed by atoms with Gasteiger partial charge in [-0.15, -0.1) is 0 Å². The summed E-state index contributed by atoms with van der Waals surface area (Å²) in [6.45, 7) is 4.44. The van der Waals surface area contributed by atoms with Crippen molar-refractivity contribution in [1.82, 2.24) is 15.5 Å². The highest BCUT2D eigenvalue weighted by Crippen LogP contribution is 2.33. The topological polar surface area (TPSA) is 51.0 Å². The minimum atomic E-state index is 0.407. The Kier molecular flexibility index (Phi) is 5.06. The lowest BCUT2D eigenvalue weighted by atomic mass is 10.0. The molecule has 1 aliphatic carbocycles. The molecular formula is C13H23N3OS. The molecule has 1 aromatic heterocycles. The minimum absolute atomic E-state index is 0.407. The summed E-state index contributed by atoms with van der Waals surface area (Å²) >= 11 is 1.89. The molecule has 1 heterocycles. The summed E-state index contributed by atoms with van der Waals surface area (Å²) in [6.07, 6.45) is 4.79. The van der Waals surface area contributed by atoms with Crippen molar-refractivity contribution in [2.45, 2.75) is 62.5 Å². The van der Waals surface area contributed by atoms with E-state index in [1.54, 1.807) is 0 Å². The number of hydrogen-bond acceptors (Lipinski definition) is 5. The van der Waals surface area contributed by atoms with Crippen LogP contribution in [-0.2, 0) is 5.75 Å². The Balaban J connectivity index is 1.93.